The van der Waals surface area contributed by atoms with Gasteiger partial charge in [0.05, 0.1) is 39.9 Å². The number of aliphatic hydroxyl groups is 1. The average Bonchev–Trinajstić information content (AvgIpc) is 3.89. The maximum Gasteiger partial charge on any atom is 0.292 e. The predicted octanol–water partition coefficient (Wildman–Crippen LogP) is 6.37. The van der Waals surface area contributed by atoms with Crippen LogP contribution in [-0.4, -0.2) is 74.5 Å². The van der Waals surface area contributed by atoms with Gasteiger partial charge in [0, 0.05) is 41.8 Å². The lowest BCUT2D eigenvalue weighted by Gasteiger charge is -2.32. The summed E-state index contributed by atoms with van der Waals surface area (Å²) >= 11 is 6.73. The molecule has 0 saturated heterocycles. The molecule has 2 aromatic carbocycles. The third-order valence-electron chi connectivity index (χ3n) is 10.7. The Morgan fingerprint density at radius 3 is 2.40 bits per heavy atom. The maximum atomic E-state index is 15.5. The average molecular weight is 855 g/mol. The molecule has 6 N–H and O–H groups in total. The Bertz CT molecular complexity index is 2480. The van der Waals surface area contributed by atoms with E-state index in [-0.39, 0.29) is 65.5 Å². The normalized spacial score (nSPS) is 20.4. The van der Waals surface area contributed by atoms with Crippen molar-refractivity contribution in [3.8, 4) is 23.0 Å². The van der Waals surface area contributed by atoms with Crippen LogP contribution in [0.4, 0.5) is 32.2 Å². The monoisotopic (exact) mass is 854 g/mol. The molecule has 3 aliphatic carbocycles. The largest absolute Gasteiger partial charge is 0.397 e. The van der Waals surface area contributed by atoms with Gasteiger partial charge in [-0.05, 0) is 93.7 Å². The van der Waals surface area contributed by atoms with Crippen molar-refractivity contribution in [3.05, 3.63) is 87.3 Å². The van der Waals surface area contributed by atoms with E-state index in [2.05, 4.69) is 37.9 Å². The lowest BCUT2D eigenvalue weighted by atomic mass is 9.73. The number of alkyl halides is 4. The fraction of sp³-hybridized carbons (Fsp3) is 0.405. The van der Waals surface area contributed by atoms with Gasteiger partial charge in [0.1, 0.15) is 35.2 Å². The molecule has 316 valence electrons. The Morgan fingerprint density at radius 1 is 1.07 bits per heavy atom. The number of anilines is 1. The van der Waals surface area contributed by atoms with Crippen LogP contribution >= 0.6 is 11.6 Å². The molecule has 2 heterocycles. The molecule has 0 spiro atoms. The van der Waals surface area contributed by atoms with Gasteiger partial charge >= 0.3 is 0 Å². The van der Waals surface area contributed by atoms with Crippen LogP contribution in [0.3, 0.4) is 0 Å². The van der Waals surface area contributed by atoms with Crippen LogP contribution in [0.2, 0.25) is 5.02 Å². The van der Waals surface area contributed by atoms with Crippen molar-refractivity contribution in [1.29, 1.82) is 0 Å². The predicted molar refractivity (Wildman–Crippen MR) is 213 cm³/mol. The van der Waals surface area contributed by atoms with Crippen molar-refractivity contribution in [1.82, 2.24) is 25.4 Å². The number of carbonyl (C=O) groups is 2. The summed E-state index contributed by atoms with van der Waals surface area (Å²) in [5.41, 5.74) is 3.21. The number of pyridine rings is 1. The van der Waals surface area contributed by atoms with Gasteiger partial charge in [-0.3, -0.25) is 19.3 Å². The first-order valence-electron chi connectivity index (χ1n) is 19.2. The van der Waals surface area contributed by atoms with Gasteiger partial charge in [0.25, 0.3) is 12.3 Å². The number of hydrogen-bond acceptors (Lipinski definition) is 8. The van der Waals surface area contributed by atoms with E-state index in [9.17, 15) is 32.3 Å². The zero-order valence-electron chi connectivity index (χ0n) is 32.7. The van der Waals surface area contributed by atoms with Crippen molar-refractivity contribution < 1.29 is 41.0 Å². The standard InChI is InChI=1S/C42H41ClF6N8O3/c1-41(2,60)13-12-24-6-7-25(26-9-11-29(43)34-37(26)57(3)56-40(34)55-32(59)18-51-23-4-5-23)36(53-24)30(16-20-14-21(44)17-22(45)15-20)54-31(58)19-52-38-33(35(50)39(46)47)27-8-10-28(27)42(38,48)49/h6-7,9,11,14-15,17,23,27-28,30,39,51,60H,4-5,8,10,16,18-19,50H2,1-3H3,(H,54,58)(H,55,56,59)/t27-,28+,30-/m0/s1. The Morgan fingerprint density at radius 2 is 1.77 bits per heavy atom. The molecule has 3 aliphatic rings. The summed E-state index contributed by atoms with van der Waals surface area (Å²) in [4.78, 5) is 35.4. The second-order valence-corrected chi connectivity index (χ2v) is 16.2. The molecule has 11 nitrogen and oxygen atoms in total. The Labute approximate surface area is 345 Å². The molecule has 3 saturated carbocycles. The summed E-state index contributed by atoms with van der Waals surface area (Å²) in [5.74, 6) is -3.32. The number of aromatic nitrogens is 3. The molecule has 3 atom stereocenters. The Hall–Kier alpha value is -5.44. The first-order chi connectivity index (χ1) is 28.3. The van der Waals surface area contributed by atoms with E-state index in [4.69, 9.17) is 22.3 Å². The molecule has 7 rings (SSSR count). The quantitative estimate of drug-likeness (QED) is 0.0818. The summed E-state index contributed by atoms with van der Waals surface area (Å²) in [5, 5.41) is 24.2. The summed E-state index contributed by atoms with van der Waals surface area (Å²) in [6.07, 6.45) is -1.30. The molecule has 2 aromatic heterocycles. The van der Waals surface area contributed by atoms with E-state index in [0.717, 1.165) is 25.0 Å². The second-order valence-electron chi connectivity index (χ2n) is 15.8. The van der Waals surface area contributed by atoms with Crippen LogP contribution in [-0.2, 0) is 23.1 Å². The van der Waals surface area contributed by atoms with Crippen LogP contribution in [0.1, 0.15) is 62.5 Å². The van der Waals surface area contributed by atoms with Gasteiger partial charge in [-0.2, -0.15) is 13.9 Å². The van der Waals surface area contributed by atoms with Crippen molar-refractivity contribution in [2.24, 2.45) is 29.6 Å². The highest BCUT2D eigenvalue weighted by Gasteiger charge is 2.62. The number of aliphatic imine (C=N–C) groups is 1. The van der Waals surface area contributed by atoms with E-state index >= 15 is 8.78 Å². The van der Waals surface area contributed by atoms with Crippen LogP contribution in [0.5, 0.6) is 0 Å². The fourth-order valence-electron chi connectivity index (χ4n) is 7.68. The molecule has 3 fully saturated rings. The van der Waals surface area contributed by atoms with E-state index in [1.54, 1.807) is 31.3 Å². The van der Waals surface area contributed by atoms with Crippen molar-refractivity contribution in [2.45, 2.75) is 76.0 Å². The van der Waals surface area contributed by atoms with Crippen LogP contribution in [0.15, 0.2) is 58.7 Å². The fourth-order valence-corrected chi connectivity index (χ4v) is 7.92. The molecule has 18 heteroatoms. The lowest BCUT2D eigenvalue weighted by Crippen LogP contribution is -2.37. The van der Waals surface area contributed by atoms with Gasteiger partial charge in [-0.15, -0.1) is 0 Å². The number of rotatable bonds is 12. The number of hydrogen-bond donors (Lipinski definition) is 5. The number of benzene rings is 2. The minimum atomic E-state index is -3.62. The minimum Gasteiger partial charge on any atom is -0.397 e. The summed E-state index contributed by atoms with van der Waals surface area (Å²) in [7, 11) is 1.62. The third kappa shape index (κ3) is 9.01. The summed E-state index contributed by atoms with van der Waals surface area (Å²) in [6, 6.07) is 8.16. The molecule has 0 radical (unpaired) electrons. The first-order valence-corrected chi connectivity index (χ1v) is 19.6. The van der Waals surface area contributed by atoms with Gasteiger partial charge in [0.2, 0.25) is 11.8 Å². The molecule has 2 amide bonds. The van der Waals surface area contributed by atoms with E-state index < -0.39 is 76.9 Å². The Kier molecular flexibility index (Phi) is 11.8. The maximum absolute atomic E-state index is 15.5. The molecular formula is C42H41ClF6N8O3. The summed E-state index contributed by atoms with van der Waals surface area (Å²) in [6.45, 7) is 2.01. The smallest absolute Gasteiger partial charge is 0.292 e. The van der Waals surface area contributed by atoms with E-state index in [0.29, 0.717) is 28.1 Å². The minimum absolute atomic E-state index is 0.0465. The molecule has 4 aromatic rings. The number of nitrogens with one attached hydrogen (secondary N) is 3. The lowest BCUT2D eigenvalue weighted by molar-refractivity contribution is -0.120. The third-order valence-corrected chi connectivity index (χ3v) is 11.0. The number of fused-ring (bicyclic) bond motifs is 2. The van der Waals surface area contributed by atoms with Crippen LogP contribution in [0, 0.1) is 35.3 Å². The molecule has 0 aliphatic heterocycles. The van der Waals surface area contributed by atoms with Gasteiger partial charge in [-0.1, -0.05) is 23.6 Å². The van der Waals surface area contributed by atoms with Crippen molar-refractivity contribution in [3.63, 3.8) is 0 Å². The SMILES string of the molecule is Cn1nc(NC(=O)CNC2CC2)c2c(Cl)ccc(-c3ccc(C#CC(C)(C)O)nc3[C@H](Cc3cc(F)cc(F)c3)NC(=O)CN=C3C(=C(N)C(F)F)[C@H]4CC[C@H]4C3(F)F)c21. The number of halogens is 7. The van der Waals surface area contributed by atoms with Gasteiger partial charge in [0.15, 0.2) is 5.82 Å². The number of amides is 2. The van der Waals surface area contributed by atoms with Crippen LogP contribution in [0.25, 0.3) is 22.0 Å². The topological polar surface area (TPSA) is 160 Å². The zero-order chi connectivity index (χ0) is 43.3. The van der Waals surface area contributed by atoms with Crippen LogP contribution < -0.4 is 21.7 Å². The molecule has 0 bridgehead atoms. The molecule has 60 heavy (non-hydrogen) atoms. The second kappa shape index (κ2) is 16.5. The number of nitrogens with zero attached hydrogens (tertiary/aromatic N) is 4. The molecule has 0 unspecified atom stereocenters. The van der Waals surface area contributed by atoms with Crippen molar-refractivity contribution in [2.75, 3.05) is 18.4 Å². The molecular weight excluding hydrogens is 814 g/mol. The Balaban J connectivity index is 1.33. The first kappa shape index (κ1) is 42.7. The van der Waals surface area contributed by atoms with Gasteiger partial charge < -0.3 is 26.8 Å². The van der Waals surface area contributed by atoms with Crippen molar-refractivity contribution >= 4 is 45.8 Å². The van der Waals surface area contributed by atoms with Gasteiger partial charge in [-0.25, -0.2) is 22.5 Å². The highest BCUT2D eigenvalue weighted by atomic mass is 35.5. The number of allylic oxidation sites excluding steroid dienone is 2. The zero-order valence-corrected chi connectivity index (χ0v) is 33.4. The number of nitrogens with two attached hydrogens (primary N) is 1. The van der Waals surface area contributed by atoms with E-state index in [1.165, 1.54) is 18.5 Å². The summed E-state index contributed by atoms with van der Waals surface area (Å²) < 4.78 is 89.3. The van der Waals surface area contributed by atoms with E-state index in [1.807, 2.05) is 0 Å². The highest BCUT2D eigenvalue weighted by molar-refractivity contribution is 6.37. The number of carbonyl (C=O) groups excluding carboxylic acids is 2. The number of aryl methyl sites for hydroxylation is 1. The highest BCUT2D eigenvalue weighted by Crippen LogP contribution is 2.57.